The SMILES string of the molecule is CC1C(CN)CC1C1CC2CCC21. The van der Waals surface area contributed by atoms with Gasteiger partial charge in [0.15, 0.2) is 0 Å². The zero-order chi connectivity index (χ0) is 9.00. The Morgan fingerprint density at radius 2 is 1.92 bits per heavy atom. The van der Waals surface area contributed by atoms with Gasteiger partial charge in [0.25, 0.3) is 0 Å². The molecule has 0 aromatic carbocycles. The predicted molar refractivity (Wildman–Crippen MR) is 54.1 cm³/mol. The topological polar surface area (TPSA) is 26.0 Å². The minimum absolute atomic E-state index is 0.865. The first kappa shape index (κ1) is 8.28. The van der Waals surface area contributed by atoms with E-state index < -0.39 is 0 Å². The van der Waals surface area contributed by atoms with Gasteiger partial charge in [-0.3, -0.25) is 0 Å². The molecule has 0 amide bonds. The van der Waals surface area contributed by atoms with Crippen molar-refractivity contribution in [2.75, 3.05) is 6.54 Å². The Balaban J connectivity index is 1.57. The summed E-state index contributed by atoms with van der Waals surface area (Å²) in [5, 5.41) is 0. The fraction of sp³-hybridized carbons (Fsp3) is 1.00. The molecule has 2 N–H and O–H groups in total. The fourth-order valence-electron chi connectivity index (χ4n) is 4.08. The number of rotatable bonds is 2. The minimum atomic E-state index is 0.865. The average molecular weight is 179 g/mol. The van der Waals surface area contributed by atoms with Crippen LogP contribution in [0, 0.1) is 35.5 Å². The number of nitrogens with two attached hydrogens (primary N) is 1. The van der Waals surface area contributed by atoms with Crippen molar-refractivity contribution < 1.29 is 0 Å². The molecule has 0 bridgehead atoms. The molecule has 13 heavy (non-hydrogen) atoms. The van der Waals surface area contributed by atoms with E-state index in [2.05, 4.69) is 6.92 Å². The molecule has 0 aliphatic heterocycles. The molecule has 3 aliphatic rings. The highest BCUT2D eigenvalue weighted by atomic mass is 14.6. The molecule has 3 fully saturated rings. The van der Waals surface area contributed by atoms with E-state index in [0.717, 1.165) is 42.1 Å². The van der Waals surface area contributed by atoms with E-state index in [1.165, 1.54) is 6.42 Å². The van der Waals surface area contributed by atoms with Crippen molar-refractivity contribution in [2.24, 2.45) is 41.2 Å². The lowest BCUT2D eigenvalue weighted by Crippen LogP contribution is -2.54. The molecule has 0 aromatic heterocycles. The van der Waals surface area contributed by atoms with E-state index >= 15 is 0 Å². The Bertz CT molecular complexity index is 213. The third-order valence-electron chi connectivity index (χ3n) is 5.45. The van der Waals surface area contributed by atoms with Gasteiger partial charge in [-0.2, -0.15) is 0 Å². The Labute approximate surface area is 81.1 Å². The molecule has 3 aliphatic carbocycles. The van der Waals surface area contributed by atoms with Crippen LogP contribution in [0.2, 0.25) is 0 Å². The van der Waals surface area contributed by atoms with Gasteiger partial charge < -0.3 is 5.73 Å². The smallest absolute Gasteiger partial charge is 0.00461 e. The summed E-state index contributed by atoms with van der Waals surface area (Å²) in [6.45, 7) is 3.36. The van der Waals surface area contributed by atoms with E-state index in [-0.39, 0.29) is 0 Å². The Kier molecular flexibility index (Phi) is 1.74. The molecule has 6 atom stereocenters. The highest BCUT2D eigenvalue weighted by Gasteiger charge is 2.54. The van der Waals surface area contributed by atoms with Crippen LogP contribution >= 0.6 is 0 Å². The lowest BCUT2D eigenvalue weighted by molar-refractivity contribution is -0.114. The Morgan fingerprint density at radius 1 is 1.08 bits per heavy atom. The van der Waals surface area contributed by atoms with Gasteiger partial charge in [0.2, 0.25) is 0 Å². The van der Waals surface area contributed by atoms with Gasteiger partial charge in [0, 0.05) is 0 Å². The molecular weight excluding hydrogens is 158 g/mol. The van der Waals surface area contributed by atoms with Crippen molar-refractivity contribution in [3.8, 4) is 0 Å². The number of hydrogen-bond acceptors (Lipinski definition) is 1. The first-order valence-corrected chi connectivity index (χ1v) is 6.01. The van der Waals surface area contributed by atoms with E-state index in [4.69, 9.17) is 5.73 Å². The maximum absolute atomic E-state index is 5.72. The van der Waals surface area contributed by atoms with Crippen LogP contribution in [-0.4, -0.2) is 6.54 Å². The van der Waals surface area contributed by atoms with Gasteiger partial charge in [-0.05, 0) is 67.7 Å². The number of hydrogen-bond donors (Lipinski definition) is 1. The van der Waals surface area contributed by atoms with Crippen LogP contribution in [0.3, 0.4) is 0 Å². The van der Waals surface area contributed by atoms with Crippen LogP contribution in [0.25, 0.3) is 0 Å². The van der Waals surface area contributed by atoms with Crippen molar-refractivity contribution in [1.29, 1.82) is 0 Å². The molecule has 3 rings (SSSR count). The summed E-state index contributed by atoms with van der Waals surface area (Å²) in [5.41, 5.74) is 5.72. The molecule has 1 nitrogen and oxygen atoms in total. The summed E-state index contributed by atoms with van der Waals surface area (Å²) in [7, 11) is 0. The predicted octanol–water partition coefficient (Wildman–Crippen LogP) is 2.26. The molecule has 0 saturated heterocycles. The minimum Gasteiger partial charge on any atom is -0.330 e. The van der Waals surface area contributed by atoms with Gasteiger partial charge in [0.05, 0.1) is 0 Å². The Morgan fingerprint density at radius 3 is 2.31 bits per heavy atom. The third kappa shape index (κ3) is 0.971. The van der Waals surface area contributed by atoms with Gasteiger partial charge in [0.1, 0.15) is 0 Å². The van der Waals surface area contributed by atoms with E-state index in [1.807, 2.05) is 0 Å². The summed E-state index contributed by atoms with van der Waals surface area (Å²) in [6.07, 6.45) is 6.11. The standard InChI is InChI=1S/C12H21N/c1-7-9(6-13)5-11(7)12-4-8-2-3-10(8)12/h7-12H,2-6,13H2,1H3. The summed E-state index contributed by atoms with van der Waals surface area (Å²) in [5.74, 6) is 6.31. The van der Waals surface area contributed by atoms with Crippen LogP contribution in [0.4, 0.5) is 0 Å². The number of fused-ring (bicyclic) bond motifs is 1. The highest BCUT2D eigenvalue weighted by molar-refractivity contribution is 5.03. The molecule has 3 saturated carbocycles. The van der Waals surface area contributed by atoms with Crippen LogP contribution in [-0.2, 0) is 0 Å². The monoisotopic (exact) mass is 179 g/mol. The molecular formula is C12H21N. The average Bonchev–Trinajstić information content (AvgIpc) is 2.10. The zero-order valence-electron chi connectivity index (χ0n) is 8.58. The van der Waals surface area contributed by atoms with Gasteiger partial charge in [-0.1, -0.05) is 6.92 Å². The van der Waals surface area contributed by atoms with Crippen molar-refractivity contribution >= 4 is 0 Å². The molecule has 6 unspecified atom stereocenters. The molecule has 0 spiro atoms. The van der Waals surface area contributed by atoms with Crippen LogP contribution < -0.4 is 5.73 Å². The molecule has 0 heterocycles. The second-order valence-corrected chi connectivity index (χ2v) is 5.66. The molecule has 74 valence electrons. The molecule has 1 heteroatoms. The molecule has 0 radical (unpaired) electrons. The zero-order valence-corrected chi connectivity index (χ0v) is 8.58. The van der Waals surface area contributed by atoms with Crippen molar-refractivity contribution in [2.45, 2.75) is 32.6 Å². The first-order chi connectivity index (χ1) is 6.31. The second kappa shape index (κ2) is 2.73. The highest BCUT2D eigenvalue weighted by Crippen LogP contribution is 2.62. The largest absolute Gasteiger partial charge is 0.330 e. The van der Waals surface area contributed by atoms with Crippen LogP contribution in [0.15, 0.2) is 0 Å². The maximum Gasteiger partial charge on any atom is -0.00461 e. The van der Waals surface area contributed by atoms with Crippen LogP contribution in [0.1, 0.15) is 32.6 Å². The third-order valence-corrected chi connectivity index (χ3v) is 5.45. The van der Waals surface area contributed by atoms with E-state index in [9.17, 15) is 0 Å². The summed E-state index contributed by atoms with van der Waals surface area (Å²) in [6, 6.07) is 0. The quantitative estimate of drug-likeness (QED) is 0.691. The van der Waals surface area contributed by atoms with E-state index in [1.54, 1.807) is 19.3 Å². The summed E-state index contributed by atoms with van der Waals surface area (Å²) < 4.78 is 0. The first-order valence-electron chi connectivity index (χ1n) is 6.01. The lowest BCUT2D eigenvalue weighted by atomic mass is 9.44. The normalized spacial score (nSPS) is 58.6. The van der Waals surface area contributed by atoms with Crippen molar-refractivity contribution in [3.05, 3.63) is 0 Å². The fourth-order valence-corrected chi connectivity index (χ4v) is 4.08. The van der Waals surface area contributed by atoms with Crippen molar-refractivity contribution in [1.82, 2.24) is 0 Å². The second-order valence-electron chi connectivity index (χ2n) is 5.66. The van der Waals surface area contributed by atoms with Crippen molar-refractivity contribution in [3.63, 3.8) is 0 Å². The van der Waals surface area contributed by atoms with E-state index in [0.29, 0.717) is 0 Å². The lowest BCUT2D eigenvalue weighted by Gasteiger charge is -2.61. The maximum atomic E-state index is 5.72. The van der Waals surface area contributed by atoms with Crippen LogP contribution in [0.5, 0.6) is 0 Å². The molecule has 0 aromatic rings. The summed E-state index contributed by atoms with van der Waals surface area (Å²) in [4.78, 5) is 0. The van der Waals surface area contributed by atoms with Gasteiger partial charge in [-0.25, -0.2) is 0 Å². The summed E-state index contributed by atoms with van der Waals surface area (Å²) >= 11 is 0. The van der Waals surface area contributed by atoms with Gasteiger partial charge >= 0.3 is 0 Å². The Hall–Kier alpha value is -0.0400. The van der Waals surface area contributed by atoms with Gasteiger partial charge in [-0.15, -0.1) is 0 Å².